The second-order valence-corrected chi connectivity index (χ2v) is 2.51. The molecule has 84 valence electrons. The van der Waals surface area contributed by atoms with Crippen molar-refractivity contribution in [2.75, 3.05) is 0 Å². The predicted molar refractivity (Wildman–Crippen MR) is 46.7 cm³/mol. The average molecular weight is 218 g/mol. The zero-order valence-corrected chi connectivity index (χ0v) is 7.58. The van der Waals surface area contributed by atoms with Crippen molar-refractivity contribution < 1.29 is 34.8 Å². The number of aliphatic hydroxyl groups is 2. The predicted octanol–water partition coefficient (Wildman–Crippen LogP) is -1.08. The molecule has 2 unspecified atom stereocenters. The summed E-state index contributed by atoms with van der Waals surface area (Å²) in [6.45, 7) is 5.88. The van der Waals surface area contributed by atoms with Gasteiger partial charge in [0, 0.05) is 0 Å². The number of hydrogen-bond acceptors (Lipinski definition) is 5. The Labute approximate surface area is 84.5 Å². The Hall–Kier alpha value is -1.70. The normalized spacial score (nSPS) is 18.3. The molecule has 0 bridgehead atoms. The van der Waals surface area contributed by atoms with Gasteiger partial charge in [-0.2, -0.15) is 0 Å². The maximum Gasteiger partial charge on any atom is 0.368 e. The highest BCUT2D eigenvalue weighted by Gasteiger charge is 2.46. The highest BCUT2D eigenvalue weighted by Crippen LogP contribution is 2.19. The minimum Gasteiger partial charge on any atom is -0.477 e. The highest BCUT2D eigenvalue weighted by atomic mass is 16.7. The fourth-order valence-electron chi connectivity index (χ4n) is 0.582. The first-order valence-corrected chi connectivity index (χ1v) is 3.60. The Morgan fingerprint density at radius 1 is 1.00 bits per heavy atom. The Balaban J connectivity index is 5.13. The van der Waals surface area contributed by atoms with Crippen molar-refractivity contribution in [1.29, 1.82) is 0 Å². The molecule has 0 aromatic rings. The van der Waals surface area contributed by atoms with Gasteiger partial charge < -0.3 is 20.4 Å². The third-order valence-corrected chi connectivity index (χ3v) is 1.48. The lowest BCUT2D eigenvalue weighted by atomic mass is 10.2. The molecule has 2 atom stereocenters. The van der Waals surface area contributed by atoms with Gasteiger partial charge in [-0.05, 0) is 12.2 Å². The Morgan fingerprint density at radius 3 is 1.40 bits per heavy atom. The Bertz CT molecular complexity index is 280. The smallest absolute Gasteiger partial charge is 0.368 e. The van der Waals surface area contributed by atoms with E-state index in [1.807, 2.05) is 0 Å². The molecular weight excluding hydrogens is 208 g/mol. The molecular formula is C8H10O7. The number of rotatable bonds is 6. The maximum absolute atomic E-state index is 10.5. The quantitative estimate of drug-likeness (QED) is 0.330. The molecule has 0 saturated heterocycles. The topological polar surface area (TPSA) is 124 Å². The molecule has 0 aliphatic heterocycles. The summed E-state index contributed by atoms with van der Waals surface area (Å²) in [5.41, 5.74) is 0. The van der Waals surface area contributed by atoms with Crippen molar-refractivity contribution in [2.24, 2.45) is 0 Å². The van der Waals surface area contributed by atoms with Crippen LogP contribution in [0.3, 0.4) is 0 Å². The molecule has 0 rings (SSSR count). The van der Waals surface area contributed by atoms with E-state index in [2.05, 4.69) is 17.9 Å². The fourth-order valence-corrected chi connectivity index (χ4v) is 0.582. The van der Waals surface area contributed by atoms with Crippen molar-refractivity contribution in [2.45, 2.75) is 11.6 Å². The summed E-state index contributed by atoms with van der Waals surface area (Å²) in [6, 6.07) is 0. The molecule has 15 heavy (non-hydrogen) atoms. The van der Waals surface area contributed by atoms with Crippen LogP contribution < -0.4 is 0 Å². The maximum atomic E-state index is 10.5. The molecule has 0 aromatic carbocycles. The largest absolute Gasteiger partial charge is 0.477 e. The molecule has 4 N–H and O–H groups in total. The van der Waals surface area contributed by atoms with E-state index in [0.717, 1.165) is 0 Å². The van der Waals surface area contributed by atoms with E-state index in [9.17, 15) is 19.8 Å². The summed E-state index contributed by atoms with van der Waals surface area (Å²) in [5, 5.41) is 35.4. The van der Waals surface area contributed by atoms with Gasteiger partial charge >= 0.3 is 11.9 Å². The van der Waals surface area contributed by atoms with Crippen LogP contribution in [0.25, 0.3) is 0 Å². The van der Waals surface area contributed by atoms with Crippen LogP contribution in [0, 0.1) is 0 Å². The van der Waals surface area contributed by atoms with Crippen LogP contribution in [-0.2, 0) is 14.3 Å². The molecule has 0 aliphatic carbocycles. The number of aliphatic carboxylic acids is 2. The zero-order chi connectivity index (χ0) is 12.3. The zero-order valence-electron chi connectivity index (χ0n) is 7.58. The number of carboxylic acid groups (broad SMARTS) is 2. The van der Waals surface area contributed by atoms with Gasteiger partial charge in [0.15, 0.2) is 0 Å². The molecule has 7 nitrogen and oxygen atoms in total. The third kappa shape index (κ3) is 2.62. The molecule has 0 spiro atoms. The summed E-state index contributed by atoms with van der Waals surface area (Å²) in [5.74, 6) is -9.86. The molecule has 0 fully saturated rings. The Morgan fingerprint density at radius 2 is 1.27 bits per heavy atom. The van der Waals surface area contributed by atoms with Crippen molar-refractivity contribution in [3.63, 3.8) is 0 Å². The molecule has 0 amide bonds. The average Bonchev–Trinajstić information content (AvgIpc) is 2.16. The lowest BCUT2D eigenvalue weighted by molar-refractivity contribution is -0.284. The van der Waals surface area contributed by atoms with Crippen LogP contribution >= 0.6 is 0 Å². The standard InChI is InChI=1S/C8H10O7/c1-3-7(13,5(9)10)15-8(14,4-2)6(11)12/h3-4,13-14H,1-2H2,(H,9,10)(H,11,12). The van der Waals surface area contributed by atoms with E-state index >= 15 is 0 Å². The SMILES string of the molecule is C=CC(O)(OC(O)(C=C)C(=O)O)C(=O)O. The molecule has 0 saturated carbocycles. The number of carbonyl (C=O) groups is 2. The van der Waals surface area contributed by atoms with Crippen LogP contribution in [-0.4, -0.2) is 43.9 Å². The van der Waals surface area contributed by atoms with Gasteiger partial charge in [-0.15, -0.1) is 0 Å². The van der Waals surface area contributed by atoms with Crippen LogP contribution in [0.1, 0.15) is 0 Å². The van der Waals surface area contributed by atoms with E-state index in [1.54, 1.807) is 0 Å². The summed E-state index contributed by atoms with van der Waals surface area (Å²) < 4.78 is 4.12. The van der Waals surface area contributed by atoms with Gasteiger partial charge in [-0.25, -0.2) is 9.59 Å². The van der Waals surface area contributed by atoms with Crippen molar-refractivity contribution in [1.82, 2.24) is 0 Å². The van der Waals surface area contributed by atoms with Crippen molar-refractivity contribution in [3.8, 4) is 0 Å². The van der Waals surface area contributed by atoms with E-state index in [4.69, 9.17) is 10.2 Å². The second-order valence-electron chi connectivity index (χ2n) is 2.51. The number of ether oxygens (including phenoxy) is 1. The van der Waals surface area contributed by atoms with Crippen LogP contribution in [0.5, 0.6) is 0 Å². The summed E-state index contributed by atoms with van der Waals surface area (Å²) in [6.07, 6.45) is 0.847. The summed E-state index contributed by atoms with van der Waals surface area (Å²) in [7, 11) is 0. The van der Waals surface area contributed by atoms with Gasteiger partial charge in [0.05, 0.1) is 0 Å². The minimum atomic E-state index is -3.01. The number of carboxylic acids is 2. The highest BCUT2D eigenvalue weighted by molar-refractivity contribution is 5.81. The molecule has 7 heteroatoms. The number of hydrogen-bond donors (Lipinski definition) is 4. The first-order chi connectivity index (χ1) is 6.72. The fraction of sp³-hybridized carbons (Fsp3) is 0.250. The van der Waals surface area contributed by atoms with Crippen molar-refractivity contribution >= 4 is 11.9 Å². The Kier molecular flexibility index (Phi) is 3.74. The molecule has 0 aromatic heterocycles. The lowest BCUT2D eigenvalue weighted by Gasteiger charge is -2.27. The lowest BCUT2D eigenvalue weighted by Crippen LogP contribution is -2.51. The van der Waals surface area contributed by atoms with E-state index in [0.29, 0.717) is 12.2 Å². The van der Waals surface area contributed by atoms with Gasteiger partial charge in [0.2, 0.25) is 0 Å². The van der Waals surface area contributed by atoms with Crippen LogP contribution in [0.15, 0.2) is 25.3 Å². The minimum absolute atomic E-state index is 0.423. The van der Waals surface area contributed by atoms with Crippen LogP contribution in [0.4, 0.5) is 0 Å². The van der Waals surface area contributed by atoms with Gasteiger partial charge in [-0.3, -0.25) is 4.74 Å². The molecule has 0 radical (unpaired) electrons. The van der Waals surface area contributed by atoms with Gasteiger partial charge in [0.1, 0.15) is 0 Å². The first kappa shape index (κ1) is 13.3. The summed E-state index contributed by atoms with van der Waals surface area (Å²) in [4.78, 5) is 21.0. The molecule has 0 heterocycles. The van der Waals surface area contributed by atoms with E-state index < -0.39 is 23.5 Å². The second kappa shape index (κ2) is 4.22. The van der Waals surface area contributed by atoms with Crippen LogP contribution in [0.2, 0.25) is 0 Å². The third-order valence-electron chi connectivity index (χ3n) is 1.48. The van der Waals surface area contributed by atoms with E-state index in [-0.39, 0.29) is 0 Å². The molecule has 0 aliphatic rings. The monoisotopic (exact) mass is 218 g/mol. The van der Waals surface area contributed by atoms with Gasteiger partial charge in [0.25, 0.3) is 11.6 Å². The van der Waals surface area contributed by atoms with Gasteiger partial charge in [-0.1, -0.05) is 13.2 Å². The van der Waals surface area contributed by atoms with E-state index in [1.165, 1.54) is 0 Å². The first-order valence-electron chi connectivity index (χ1n) is 3.60. The van der Waals surface area contributed by atoms with Crippen molar-refractivity contribution in [3.05, 3.63) is 25.3 Å². The summed E-state index contributed by atoms with van der Waals surface area (Å²) >= 11 is 0.